The highest BCUT2D eigenvalue weighted by Crippen LogP contribution is 2.50. The van der Waals surface area contributed by atoms with E-state index in [0.717, 1.165) is 17.3 Å². The molecule has 1 saturated carbocycles. The van der Waals surface area contributed by atoms with Gasteiger partial charge in [0.15, 0.2) is 0 Å². The average Bonchev–Trinajstić information content (AvgIpc) is 2.92. The summed E-state index contributed by atoms with van der Waals surface area (Å²) in [5, 5.41) is 1.66. The first-order valence-corrected chi connectivity index (χ1v) is 6.15. The van der Waals surface area contributed by atoms with Crippen LogP contribution in [0.2, 0.25) is 5.02 Å². The summed E-state index contributed by atoms with van der Waals surface area (Å²) in [6.07, 6.45) is 3.31. The second kappa shape index (κ2) is 3.82. The molecule has 1 aliphatic rings. The van der Waals surface area contributed by atoms with Crippen molar-refractivity contribution in [2.24, 2.45) is 5.41 Å². The zero-order chi connectivity index (χ0) is 10.2. The Morgan fingerprint density at radius 1 is 1.43 bits per heavy atom. The van der Waals surface area contributed by atoms with Gasteiger partial charge in [-0.25, -0.2) is 4.39 Å². The van der Waals surface area contributed by atoms with Crippen LogP contribution in [0.4, 0.5) is 4.39 Å². The van der Waals surface area contributed by atoms with Crippen LogP contribution in [0, 0.1) is 11.2 Å². The predicted molar refractivity (Wildman–Crippen MR) is 60.6 cm³/mol. The fraction of sp³-hybridized carbons (Fsp3) is 0.455. The average molecular weight is 278 g/mol. The lowest BCUT2D eigenvalue weighted by Crippen LogP contribution is -2.06. The summed E-state index contributed by atoms with van der Waals surface area (Å²) in [6.45, 7) is 0. The van der Waals surface area contributed by atoms with Crippen LogP contribution in [0.25, 0.3) is 0 Å². The molecular weight excluding hydrogens is 266 g/mol. The molecule has 1 aromatic rings. The third-order valence-electron chi connectivity index (χ3n) is 2.81. The molecule has 1 aliphatic carbocycles. The van der Waals surface area contributed by atoms with Gasteiger partial charge in [0.2, 0.25) is 0 Å². The first-order chi connectivity index (χ1) is 6.65. The molecule has 0 atom stereocenters. The molecule has 0 aromatic heterocycles. The van der Waals surface area contributed by atoms with E-state index in [1.54, 1.807) is 12.1 Å². The topological polar surface area (TPSA) is 0 Å². The van der Waals surface area contributed by atoms with Gasteiger partial charge in [0, 0.05) is 10.4 Å². The number of alkyl halides is 1. The quantitative estimate of drug-likeness (QED) is 0.727. The van der Waals surface area contributed by atoms with Crippen molar-refractivity contribution < 1.29 is 4.39 Å². The van der Waals surface area contributed by atoms with Gasteiger partial charge in [-0.15, -0.1) is 0 Å². The van der Waals surface area contributed by atoms with Gasteiger partial charge in [-0.05, 0) is 48.4 Å². The summed E-state index contributed by atoms with van der Waals surface area (Å²) >= 11 is 9.50. The minimum Gasteiger partial charge on any atom is -0.207 e. The maximum absolute atomic E-state index is 13.0. The zero-order valence-electron chi connectivity index (χ0n) is 7.69. The Bertz CT molecular complexity index is 347. The van der Waals surface area contributed by atoms with E-state index in [-0.39, 0.29) is 5.82 Å². The summed E-state index contributed by atoms with van der Waals surface area (Å²) in [4.78, 5) is 0. The first-order valence-electron chi connectivity index (χ1n) is 4.65. The molecule has 0 radical (unpaired) electrons. The fourth-order valence-corrected chi connectivity index (χ4v) is 2.56. The van der Waals surface area contributed by atoms with Crippen LogP contribution in [0.3, 0.4) is 0 Å². The Morgan fingerprint density at radius 2 is 2.14 bits per heavy atom. The molecule has 0 unspecified atom stereocenters. The Morgan fingerprint density at radius 3 is 2.71 bits per heavy atom. The summed E-state index contributed by atoms with van der Waals surface area (Å²) in [6, 6.07) is 4.58. The standard InChI is InChI=1S/C11H11BrClF/c12-7-11(3-4-11)6-8-5-9(14)1-2-10(8)13/h1-2,5H,3-4,6-7H2. The molecule has 76 valence electrons. The van der Waals surface area contributed by atoms with Gasteiger partial charge < -0.3 is 0 Å². The molecule has 1 fully saturated rings. The number of benzene rings is 1. The van der Waals surface area contributed by atoms with Crippen LogP contribution < -0.4 is 0 Å². The third-order valence-corrected chi connectivity index (χ3v) is 4.37. The summed E-state index contributed by atoms with van der Waals surface area (Å²) < 4.78 is 13.0. The lowest BCUT2D eigenvalue weighted by Gasteiger charge is -2.12. The maximum atomic E-state index is 13.0. The van der Waals surface area contributed by atoms with Gasteiger partial charge in [-0.1, -0.05) is 27.5 Å². The number of hydrogen-bond donors (Lipinski definition) is 0. The molecule has 0 amide bonds. The predicted octanol–water partition coefficient (Wildman–Crippen LogP) is 4.20. The molecule has 2 rings (SSSR count). The fourth-order valence-electron chi connectivity index (χ4n) is 1.62. The van der Waals surface area contributed by atoms with E-state index in [1.807, 2.05) is 0 Å². The molecule has 0 bridgehead atoms. The molecule has 0 spiro atoms. The van der Waals surface area contributed by atoms with Crippen LogP contribution in [0.15, 0.2) is 18.2 Å². The van der Waals surface area contributed by atoms with E-state index in [2.05, 4.69) is 15.9 Å². The molecule has 3 heteroatoms. The van der Waals surface area contributed by atoms with E-state index in [1.165, 1.54) is 18.9 Å². The molecule has 1 aromatic carbocycles. The molecule has 0 saturated heterocycles. The Labute approximate surface area is 96.6 Å². The Kier molecular flexibility index (Phi) is 2.85. The second-order valence-corrected chi connectivity index (χ2v) is 5.01. The van der Waals surface area contributed by atoms with Crippen molar-refractivity contribution in [2.75, 3.05) is 5.33 Å². The Hall–Kier alpha value is -0.0800. The number of rotatable bonds is 3. The van der Waals surface area contributed by atoms with Crippen molar-refractivity contribution in [1.82, 2.24) is 0 Å². The van der Waals surface area contributed by atoms with Crippen LogP contribution >= 0.6 is 27.5 Å². The highest BCUT2D eigenvalue weighted by molar-refractivity contribution is 9.09. The Balaban J connectivity index is 2.20. The van der Waals surface area contributed by atoms with Crippen molar-refractivity contribution in [1.29, 1.82) is 0 Å². The van der Waals surface area contributed by atoms with Crippen molar-refractivity contribution in [3.05, 3.63) is 34.6 Å². The van der Waals surface area contributed by atoms with E-state index in [4.69, 9.17) is 11.6 Å². The van der Waals surface area contributed by atoms with Crippen molar-refractivity contribution in [3.8, 4) is 0 Å². The van der Waals surface area contributed by atoms with Crippen molar-refractivity contribution in [3.63, 3.8) is 0 Å². The summed E-state index contributed by atoms with van der Waals surface area (Å²) in [5.41, 5.74) is 1.28. The lowest BCUT2D eigenvalue weighted by molar-refractivity contribution is 0.578. The molecular formula is C11H11BrClF. The van der Waals surface area contributed by atoms with Crippen molar-refractivity contribution in [2.45, 2.75) is 19.3 Å². The molecule has 0 N–H and O–H groups in total. The smallest absolute Gasteiger partial charge is 0.123 e. The van der Waals surface area contributed by atoms with E-state index < -0.39 is 0 Å². The van der Waals surface area contributed by atoms with Gasteiger partial charge >= 0.3 is 0 Å². The summed E-state index contributed by atoms with van der Waals surface area (Å²) in [5.74, 6) is -0.199. The highest BCUT2D eigenvalue weighted by Gasteiger charge is 2.41. The highest BCUT2D eigenvalue weighted by atomic mass is 79.9. The van der Waals surface area contributed by atoms with E-state index in [9.17, 15) is 4.39 Å². The van der Waals surface area contributed by atoms with Gasteiger partial charge in [-0.2, -0.15) is 0 Å². The zero-order valence-corrected chi connectivity index (χ0v) is 10.0. The normalized spacial score (nSPS) is 18.2. The van der Waals surface area contributed by atoms with Crippen LogP contribution in [0.1, 0.15) is 18.4 Å². The van der Waals surface area contributed by atoms with E-state index >= 15 is 0 Å². The summed E-state index contributed by atoms with van der Waals surface area (Å²) in [7, 11) is 0. The van der Waals surface area contributed by atoms with Crippen LogP contribution in [0.5, 0.6) is 0 Å². The van der Waals surface area contributed by atoms with Gasteiger partial charge in [0.25, 0.3) is 0 Å². The van der Waals surface area contributed by atoms with Crippen LogP contribution in [-0.2, 0) is 6.42 Å². The lowest BCUT2D eigenvalue weighted by atomic mass is 9.98. The second-order valence-electron chi connectivity index (χ2n) is 4.05. The first kappa shape index (κ1) is 10.4. The molecule has 0 aliphatic heterocycles. The third kappa shape index (κ3) is 2.12. The monoisotopic (exact) mass is 276 g/mol. The van der Waals surface area contributed by atoms with Gasteiger partial charge in [0.05, 0.1) is 0 Å². The van der Waals surface area contributed by atoms with Gasteiger partial charge in [-0.3, -0.25) is 0 Å². The number of halogens is 3. The SMILES string of the molecule is Fc1ccc(Cl)c(CC2(CBr)CC2)c1. The van der Waals surface area contributed by atoms with Gasteiger partial charge in [0.1, 0.15) is 5.82 Å². The molecule has 14 heavy (non-hydrogen) atoms. The van der Waals surface area contributed by atoms with Crippen molar-refractivity contribution >= 4 is 27.5 Å². The van der Waals surface area contributed by atoms with E-state index in [0.29, 0.717) is 10.4 Å². The molecule has 0 nitrogen and oxygen atoms in total. The number of hydrogen-bond acceptors (Lipinski definition) is 0. The minimum atomic E-state index is -0.199. The minimum absolute atomic E-state index is 0.199. The van der Waals surface area contributed by atoms with Crippen LogP contribution in [-0.4, -0.2) is 5.33 Å². The molecule has 0 heterocycles. The maximum Gasteiger partial charge on any atom is 0.123 e. The largest absolute Gasteiger partial charge is 0.207 e.